The number of rotatable bonds is 4. The summed E-state index contributed by atoms with van der Waals surface area (Å²) < 4.78 is 2.77. The zero-order chi connectivity index (χ0) is 13.3. The van der Waals surface area contributed by atoms with Crippen LogP contribution in [0.15, 0.2) is 0 Å². The monoisotopic (exact) mass is 269 g/mol. The predicted octanol–water partition coefficient (Wildman–Crippen LogP) is 2.05. The molecule has 1 aromatic heterocycles. The second-order valence-corrected chi connectivity index (χ2v) is 5.84. The maximum absolute atomic E-state index is 5.28. The first-order valence-corrected chi connectivity index (χ1v) is 6.99. The first-order valence-electron chi connectivity index (χ1n) is 6.59. The van der Waals surface area contributed by atoms with Crippen LogP contribution in [0.4, 0.5) is 5.95 Å². The number of hydrogen-bond donors (Lipinski definition) is 1. The molecule has 1 N–H and O–H groups in total. The van der Waals surface area contributed by atoms with Gasteiger partial charge in [-0.3, -0.25) is 4.57 Å². The average Bonchev–Trinajstić information content (AvgIpc) is 2.86. The van der Waals surface area contributed by atoms with E-state index in [1.54, 1.807) is 0 Å². The van der Waals surface area contributed by atoms with Gasteiger partial charge in [0.2, 0.25) is 5.95 Å². The van der Waals surface area contributed by atoms with Crippen LogP contribution in [-0.4, -0.2) is 52.9 Å². The van der Waals surface area contributed by atoms with Crippen LogP contribution in [0, 0.1) is 4.77 Å². The van der Waals surface area contributed by atoms with Crippen LogP contribution in [0.2, 0.25) is 0 Å². The summed E-state index contributed by atoms with van der Waals surface area (Å²) in [5.41, 5.74) is 0. The number of likely N-dealkylation sites (tertiary alicyclic amines) is 1. The van der Waals surface area contributed by atoms with Crippen molar-refractivity contribution in [3.05, 3.63) is 4.77 Å². The van der Waals surface area contributed by atoms with Crippen molar-refractivity contribution in [1.82, 2.24) is 19.7 Å². The van der Waals surface area contributed by atoms with Crippen LogP contribution < -0.4 is 4.90 Å². The Morgan fingerprint density at radius 1 is 1.56 bits per heavy atom. The van der Waals surface area contributed by atoms with Gasteiger partial charge in [0.05, 0.1) is 0 Å². The van der Waals surface area contributed by atoms with E-state index in [2.05, 4.69) is 52.5 Å². The van der Waals surface area contributed by atoms with Crippen molar-refractivity contribution in [1.29, 1.82) is 0 Å². The minimum absolute atomic E-state index is 0.329. The number of anilines is 1. The standard InChI is InChI=1S/C12H23N5S/c1-9(2)17-11(13-14-12(17)18)16(4)8-10-6-5-7-15(10)3/h9-10H,5-8H2,1-4H3,(H,14,18). The molecule has 1 aliphatic rings. The molecule has 1 aromatic rings. The van der Waals surface area contributed by atoms with Gasteiger partial charge in [-0.2, -0.15) is 0 Å². The first-order chi connectivity index (χ1) is 8.50. The highest BCUT2D eigenvalue weighted by atomic mass is 32.1. The lowest BCUT2D eigenvalue weighted by atomic mass is 10.2. The van der Waals surface area contributed by atoms with Crippen molar-refractivity contribution in [2.45, 2.75) is 38.8 Å². The molecule has 1 aliphatic heterocycles. The zero-order valence-corrected chi connectivity index (χ0v) is 12.5. The lowest BCUT2D eigenvalue weighted by molar-refractivity contribution is 0.313. The van der Waals surface area contributed by atoms with E-state index in [1.807, 2.05) is 0 Å². The molecule has 6 heteroatoms. The van der Waals surface area contributed by atoms with Gasteiger partial charge in [0.15, 0.2) is 4.77 Å². The van der Waals surface area contributed by atoms with Crippen LogP contribution in [0.25, 0.3) is 0 Å². The summed E-state index contributed by atoms with van der Waals surface area (Å²) in [6, 6.07) is 0.955. The molecule has 1 saturated heterocycles. The van der Waals surface area contributed by atoms with Crippen LogP contribution in [0.1, 0.15) is 32.7 Å². The molecule has 0 amide bonds. The number of H-pyrrole nitrogens is 1. The first kappa shape index (κ1) is 13.5. The van der Waals surface area contributed by atoms with Crippen LogP contribution in [0.3, 0.4) is 0 Å². The third-order valence-corrected chi connectivity index (χ3v) is 3.99. The van der Waals surface area contributed by atoms with Crippen molar-refractivity contribution in [3.8, 4) is 0 Å². The highest BCUT2D eigenvalue weighted by Crippen LogP contribution is 2.20. The van der Waals surface area contributed by atoms with Gasteiger partial charge >= 0.3 is 0 Å². The minimum atomic E-state index is 0.329. The Kier molecular flexibility index (Phi) is 4.07. The summed E-state index contributed by atoms with van der Waals surface area (Å²) >= 11 is 5.28. The maximum Gasteiger partial charge on any atom is 0.225 e. The van der Waals surface area contributed by atoms with Gasteiger partial charge in [0.25, 0.3) is 0 Å². The lowest BCUT2D eigenvalue weighted by Gasteiger charge is -2.27. The predicted molar refractivity (Wildman–Crippen MR) is 76.7 cm³/mol. The third-order valence-electron chi connectivity index (χ3n) is 3.70. The Morgan fingerprint density at radius 2 is 2.28 bits per heavy atom. The number of likely N-dealkylation sites (N-methyl/N-ethyl adjacent to an activating group) is 2. The molecule has 2 rings (SSSR count). The van der Waals surface area contributed by atoms with E-state index in [0.29, 0.717) is 16.9 Å². The van der Waals surface area contributed by atoms with Gasteiger partial charge in [-0.25, -0.2) is 5.10 Å². The fourth-order valence-electron chi connectivity index (χ4n) is 2.64. The smallest absolute Gasteiger partial charge is 0.225 e. The second-order valence-electron chi connectivity index (χ2n) is 5.45. The van der Waals surface area contributed by atoms with E-state index in [9.17, 15) is 0 Å². The van der Waals surface area contributed by atoms with Gasteiger partial charge < -0.3 is 9.80 Å². The molecule has 0 radical (unpaired) electrons. The molecular weight excluding hydrogens is 246 g/mol. The van der Waals surface area contributed by atoms with Crippen molar-refractivity contribution >= 4 is 18.2 Å². The molecule has 0 spiro atoms. The Balaban J connectivity index is 2.13. The van der Waals surface area contributed by atoms with E-state index in [0.717, 1.165) is 12.5 Å². The summed E-state index contributed by atoms with van der Waals surface area (Å²) in [5.74, 6) is 0.940. The quantitative estimate of drug-likeness (QED) is 0.849. The van der Waals surface area contributed by atoms with E-state index >= 15 is 0 Å². The van der Waals surface area contributed by atoms with Crippen molar-refractivity contribution < 1.29 is 0 Å². The molecule has 1 fully saturated rings. The van der Waals surface area contributed by atoms with Gasteiger partial charge in [0, 0.05) is 25.7 Å². The fraction of sp³-hybridized carbons (Fsp3) is 0.833. The molecule has 0 aromatic carbocycles. The summed E-state index contributed by atoms with van der Waals surface area (Å²) in [5, 5.41) is 7.25. The Bertz CT molecular complexity index is 450. The summed E-state index contributed by atoms with van der Waals surface area (Å²) in [4.78, 5) is 4.64. The van der Waals surface area contributed by atoms with Crippen molar-refractivity contribution in [3.63, 3.8) is 0 Å². The molecular formula is C12H23N5S. The summed E-state index contributed by atoms with van der Waals surface area (Å²) in [7, 11) is 4.29. The molecule has 1 atom stereocenters. The Hall–Kier alpha value is -0.880. The average molecular weight is 269 g/mol. The van der Waals surface area contributed by atoms with Gasteiger partial charge in [0.1, 0.15) is 0 Å². The Labute approximate surface area is 114 Å². The fourth-order valence-corrected chi connectivity index (χ4v) is 2.98. The number of nitrogens with zero attached hydrogens (tertiary/aromatic N) is 4. The van der Waals surface area contributed by atoms with E-state index in [4.69, 9.17) is 12.2 Å². The normalized spacial score (nSPS) is 20.8. The maximum atomic E-state index is 5.28. The summed E-state index contributed by atoms with van der Waals surface area (Å²) in [6.07, 6.45) is 2.57. The molecule has 2 heterocycles. The topological polar surface area (TPSA) is 40.1 Å². The molecule has 0 bridgehead atoms. The highest BCUT2D eigenvalue weighted by molar-refractivity contribution is 7.71. The van der Waals surface area contributed by atoms with Crippen LogP contribution >= 0.6 is 12.2 Å². The van der Waals surface area contributed by atoms with E-state index in [1.165, 1.54) is 19.4 Å². The number of hydrogen-bond acceptors (Lipinski definition) is 4. The number of nitrogens with one attached hydrogen (secondary N) is 1. The van der Waals surface area contributed by atoms with Crippen LogP contribution in [0.5, 0.6) is 0 Å². The zero-order valence-electron chi connectivity index (χ0n) is 11.7. The van der Waals surface area contributed by atoms with E-state index < -0.39 is 0 Å². The van der Waals surface area contributed by atoms with E-state index in [-0.39, 0.29) is 0 Å². The molecule has 0 saturated carbocycles. The largest absolute Gasteiger partial charge is 0.342 e. The second kappa shape index (κ2) is 5.40. The highest BCUT2D eigenvalue weighted by Gasteiger charge is 2.24. The molecule has 0 aliphatic carbocycles. The lowest BCUT2D eigenvalue weighted by Crippen LogP contribution is -2.37. The Morgan fingerprint density at radius 3 is 2.83 bits per heavy atom. The van der Waals surface area contributed by atoms with Gasteiger partial charge in [-0.1, -0.05) is 0 Å². The third kappa shape index (κ3) is 2.59. The van der Waals surface area contributed by atoms with Crippen LogP contribution in [-0.2, 0) is 0 Å². The molecule has 1 unspecified atom stereocenters. The molecule has 102 valence electrons. The molecule has 18 heavy (non-hydrogen) atoms. The van der Waals surface area contributed by atoms with Crippen molar-refractivity contribution in [2.75, 3.05) is 32.1 Å². The van der Waals surface area contributed by atoms with Gasteiger partial charge in [-0.15, -0.1) is 5.10 Å². The number of aromatic nitrogens is 3. The number of aromatic amines is 1. The minimum Gasteiger partial charge on any atom is -0.342 e. The van der Waals surface area contributed by atoms with Crippen molar-refractivity contribution in [2.24, 2.45) is 0 Å². The SMILES string of the molecule is CC(C)n1c(N(C)CC2CCCN2C)n[nH]c1=S. The molecule has 5 nitrogen and oxygen atoms in total. The summed E-state index contributed by atoms with van der Waals surface area (Å²) in [6.45, 7) is 6.47. The van der Waals surface area contributed by atoms with Gasteiger partial charge in [-0.05, 0) is 52.5 Å².